The van der Waals surface area contributed by atoms with E-state index in [1.807, 2.05) is 30.3 Å². The maximum Gasteiger partial charge on any atom is 0.240 e. The molecule has 2 aromatic carbocycles. The molecule has 0 heterocycles. The quantitative estimate of drug-likeness (QED) is 0.680. The van der Waals surface area contributed by atoms with Gasteiger partial charge in [-0.2, -0.15) is 0 Å². The van der Waals surface area contributed by atoms with Crippen LogP contribution in [0.2, 0.25) is 0 Å². The molecule has 0 atom stereocenters. The molecule has 1 N–H and O–H groups in total. The number of sulfone groups is 1. The molecule has 0 fully saturated rings. The number of aryl methyl sites for hydroxylation is 2. The number of benzene rings is 2. The SMILES string of the molecule is CC(C)NS(=O)(=O)c1cccc(CCc2ccc(CS(=O)(=O)C(C)(C)C)cc2)c1. The Kier molecular flexibility index (Phi) is 7.30. The highest BCUT2D eigenvalue weighted by molar-refractivity contribution is 7.92. The second-order valence-electron chi connectivity index (χ2n) is 8.61. The zero-order valence-corrected chi connectivity index (χ0v) is 19.4. The highest BCUT2D eigenvalue weighted by Crippen LogP contribution is 2.21. The average molecular weight is 438 g/mol. The molecule has 0 radical (unpaired) electrons. The lowest BCUT2D eigenvalue weighted by Gasteiger charge is -2.19. The molecule has 0 unspecified atom stereocenters. The van der Waals surface area contributed by atoms with Gasteiger partial charge in [0.25, 0.3) is 0 Å². The van der Waals surface area contributed by atoms with E-state index >= 15 is 0 Å². The predicted octanol–water partition coefficient (Wildman–Crippen LogP) is 3.87. The van der Waals surface area contributed by atoms with Gasteiger partial charge in [0.05, 0.1) is 15.4 Å². The van der Waals surface area contributed by atoms with E-state index in [0.29, 0.717) is 6.42 Å². The van der Waals surface area contributed by atoms with Gasteiger partial charge in [-0.15, -0.1) is 0 Å². The molecule has 0 amide bonds. The van der Waals surface area contributed by atoms with Crippen LogP contribution in [0.1, 0.15) is 51.3 Å². The van der Waals surface area contributed by atoms with Crippen LogP contribution in [0.3, 0.4) is 0 Å². The number of nitrogens with one attached hydrogen (secondary N) is 1. The van der Waals surface area contributed by atoms with Gasteiger partial charge >= 0.3 is 0 Å². The third-order valence-corrected chi connectivity index (χ3v) is 8.85. The van der Waals surface area contributed by atoms with E-state index < -0.39 is 24.6 Å². The van der Waals surface area contributed by atoms with Crippen molar-refractivity contribution in [3.63, 3.8) is 0 Å². The molecule has 0 aliphatic heterocycles. The van der Waals surface area contributed by atoms with Crippen molar-refractivity contribution in [1.29, 1.82) is 0 Å². The summed E-state index contributed by atoms with van der Waals surface area (Å²) >= 11 is 0. The van der Waals surface area contributed by atoms with Gasteiger partial charge in [0.15, 0.2) is 9.84 Å². The van der Waals surface area contributed by atoms with E-state index in [0.717, 1.165) is 23.1 Å². The Bertz CT molecular complexity index is 1030. The molecule has 0 aliphatic carbocycles. The number of rotatable bonds is 8. The smallest absolute Gasteiger partial charge is 0.228 e. The zero-order chi connectivity index (χ0) is 21.9. The van der Waals surface area contributed by atoms with Gasteiger partial charge in [-0.1, -0.05) is 36.4 Å². The highest BCUT2D eigenvalue weighted by atomic mass is 32.2. The monoisotopic (exact) mass is 437 g/mol. The predicted molar refractivity (Wildman–Crippen MR) is 118 cm³/mol. The Morgan fingerprint density at radius 3 is 1.93 bits per heavy atom. The van der Waals surface area contributed by atoms with Crippen molar-refractivity contribution in [2.45, 2.75) is 68.9 Å². The molecule has 2 aromatic rings. The molecule has 0 aliphatic rings. The van der Waals surface area contributed by atoms with Crippen molar-refractivity contribution in [2.24, 2.45) is 0 Å². The molecule has 29 heavy (non-hydrogen) atoms. The summed E-state index contributed by atoms with van der Waals surface area (Å²) in [6.07, 6.45) is 1.44. The first-order valence-electron chi connectivity index (χ1n) is 9.71. The Balaban J connectivity index is 2.05. The average Bonchev–Trinajstić information content (AvgIpc) is 2.59. The molecule has 160 valence electrons. The first-order chi connectivity index (χ1) is 13.3. The van der Waals surface area contributed by atoms with Crippen LogP contribution < -0.4 is 4.72 Å². The zero-order valence-electron chi connectivity index (χ0n) is 17.8. The summed E-state index contributed by atoms with van der Waals surface area (Å²) in [4.78, 5) is 0.270. The van der Waals surface area contributed by atoms with Crippen molar-refractivity contribution < 1.29 is 16.8 Å². The maximum absolute atomic E-state index is 12.3. The van der Waals surface area contributed by atoms with Crippen LogP contribution in [0, 0.1) is 0 Å². The minimum absolute atomic E-state index is 0.0273. The lowest BCUT2D eigenvalue weighted by Crippen LogP contribution is -2.30. The molecule has 0 saturated carbocycles. The van der Waals surface area contributed by atoms with E-state index in [4.69, 9.17) is 0 Å². The Morgan fingerprint density at radius 1 is 0.828 bits per heavy atom. The summed E-state index contributed by atoms with van der Waals surface area (Å²) in [7, 11) is -6.72. The topological polar surface area (TPSA) is 80.3 Å². The molecule has 2 rings (SSSR count). The summed E-state index contributed by atoms with van der Waals surface area (Å²) < 4.78 is 51.2. The molecule has 0 bridgehead atoms. The van der Waals surface area contributed by atoms with E-state index in [2.05, 4.69) is 4.72 Å². The normalized spacial score (nSPS) is 13.0. The van der Waals surface area contributed by atoms with Crippen LogP contribution in [0.4, 0.5) is 0 Å². The third-order valence-electron chi connectivity index (χ3n) is 4.61. The molecule has 0 spiro atoms. The summed E-state index contributed by atoms with van der Waals surface area (Å²) in [5.41, 5.74) is 2.79. The van der Waals surface area contributed by atoms with Gasteiger partial charge in [0.1, 0.15) is 0 Å². The molecule has 5 nitrogen and oxygen atoms in total. The van der Waals surface area contributed by atoms with Gasteiger partial charge in [0, 0.05) is 6.04 Å². The standard InChI is InChI=1S/C22H31NO4S2/c1-17(2)23-29(26,27)21-8-6-7-19(15-21)12-9-18-10-13-20(14-11-18)16-28(24,25)22(3,4)5/h6-8,10-11,13-15,17,23H,9,12,16H2,1-5H3. The van der Waals surface area contributed by atoms with Crippen molar-refractivity contribution >= 4 is 19.9 Å². The molecular formula is C22H31NO4S2. The fraction of sp³-hybridized carbons (Fsp3) is 0.455. The van der Waals surface area contributed by atoms with Crippen LogP contribution in [0.5, 0.6) is 0 Å². The fourth-order valence-electron chi connectivity index (χ4n) is 2.77. The minimum Gasteiger partial charge on any atom is -0.228 e. The first-order valence-corrected chi connectivity index (χ1v) is 12.8. The van der Waals surface area contributed by atoms with Gasteiger partial charge in [0.2, 0.25) is 10.0 Å². The Morgan fingerprint density at radius 2 is 1.38 bits per heavy atom. The maximum atomic E-state index is 12.3. The van der Waals surface area contributed by atoms with Gasteiger partial charge < -0.3 is 0 Å². The minimum atomic E-state index is -3.51. The van der Waals surface area contributed by atoms with Gasteiger partial charge in [-0.3, -0.25) is 0 Å². The van der Waals surface area contributed by atoms with Crippen LogP contribution in [0.15, 0.2) is 53.4 Å². The van der Waals surface area contributed by atoms with Crippen molar-refractivity contribution in [3.05, 3.63) is 65.2 Å². The second-order valence-corrected chi connectivity index (χ2v) is 13.1. The summed E-state index contributed by atoms with van der Waals surface area (Å²) in [5.74, 6) is 0.0273. The number of sulfonamides is 1. The van der Waals surface area contributed by atoms with Crippen LogP contribution in [-0.2, 0) is 38.5 Å². The number of hydrogen-bond acceptors (Lipinski definition) is 4. The van der Waals surface area contributed by atoms with E-state index in [9.17, 15) is 16.8 Å². The molecular weight excluding hydrogens is 406 g/mol. The van der Waals surface area contributed by atoms with Crippen LogP contribution in [0.25, 0.3) is 0 Å². The van der Waals surface area contributed by atoms with Crippen LogP contribution >= 0.6 is 0 Å². The molecule has 0 saturated heterocycles. The van der Waals surface area contributed by atoms with Crippen LogP contribution in [-0.4, -0.2) is 27.6 Å². The first kappa shape index (κ1) is 23.6. The fourth-order valence-corrected chi connectivity index (χ4v) is 5.16. The second kappa shape index (κ2) is 8.98. The van der Waals surface area contributed by atoms with Gasteiger partial charge in [-0.05, 0) is 76.3 Å². The summed E-state index contributed by atoms with van der Waals surface area (Å²) in [5, 5.41) is 0. The summed E-state index contributed by atoms with van der Waals surface area (Å²) in [6.45, 7) is 8.71. The Hall–Kier alpha value is -1.70. The number of hydrogen-bond donors (Lipinski definition) is 1. The van der Waals surface area contributed by atoms with Crippen molar-refractivity contribution in [3.8, 4) is 0 Å². The van der Waals surface area contributed by atoms with Gasteiger partial charge in [-0.25, -0.2) is 21.6 Å². The third kappa shape index (κ3) is 6.66. The lowest BCUT2D eigenvalue weighted by molar-refractivity contribution is 0.559. The molecule has 7 heteroatoms. The van der Waals surface area contributed by atoms with E-state index in [1.165, 1.54) is 0 Å². The summed E-state index contributed by atoms with van der Waals surface area (Å²) in [6, 6.07) is 14.4. The van der Waals surface area contributed by atoms with Crippen molar-refractivity contribution in [2.75, 3.05) is 0 Å². The largest absolute Gasteiger partial charge is 0.240 e. The van der Waals surface area contributed by atoms with Crippen molar-refractivity contribution in [1.82, 2.24) is 4.72 Å². The Labute approximate surface area is 175 Å². The lowest BCUT2D eigenvalue weighted by atomic mass is 10.0. The van der Waals surface area contributed by atoms with E-state index in [-0.39, 0.29) is 16.7 Å². The van der Waals surface area contributed by atoms with E-state index in [1.54, 1.807) is 52.8 Å². The highest BCUT2D eigenvalue weighted by Gasteiger charge is 2.28. The molecule has 0 aromatic heterocycles.